The van der Waals surface area contributed by atoms with Gasteiger partial charge in [-0.25, -0.2) is 4.21 Å². The second-order valence-corrected chi connectivity index (χ2v) is 9.37. The van der Waals surface area contributed by atoms with Crippen LogP contribution in [0.2, 0.25) is 0 Å². The fraction of sp³-hybridized carbons (Fsp3) is 0.435. The number of furan rings is 1. The zero-order valence-corrected chi connectivity index (χ0v) is 20.8. The summed E-state index contributed by atoms with van der Waals surface area (Å²) >= 11 is -1.81. The number of aryl methyl sites for hydroxylation is 3. The lowest BCUT2D eigenvalue weighted by molar-refractivity contribution is 0.0823. The van der Waals surface area contributed by atoms with Gasteiger partial charge in [0.05, 0.1) is 17.3 Å². The van der Waals surface area contributed by atoms with Gasteiger partial charge in [0.2, 0.25) is 0 Å². The maximum Gasteiger partial charge on any atom is 0.269 e. The molecule has 3 rings (SSSR count). The lowest BCUT2D eigenvalue weighted by atomic mass is 10.0. The molecule has 0 saturated heterocycles. The molecular formula is C23H31N5O4S. The summed E-state index contributed by atoms with van der Waals surface area (Å²) in [6, 6.07) is 5.18. The lowest BCUT2D eigenvalue weighted by Gasteiger charge is -2.22. The van der Waals surface area contributed by atoms with Gasteiger partial charge >= 0.3 is 0 Å². The molecule has 1 unspecified atom stereocenters. The van der Waals surface area contributed by atoms with Crippen molar-refractivity contribution in [2.45, 2.75) is 47.1 Å². The first-order chi connectivity index (χ1) is 15.5. The summed E-state index contributed by atoms with van der Waals surface area (Å²) in [5.74, 6) is 1.72. The highest BCUT2D eigenvalue weighted by Crippen LogP contribution is 2.32. The Morgan fingerprint density at radius 1 is 1.21 bits per heavy atom. The Labute approximate surface area is 196 Å². The number of carbonyl (C=O) groups is 1. The van der Waals surface area contributed by atoms with Crippen LogP contribution in [0.25, 0.3) is 0 Å². The van der Waals surface area contributed by atoms with Gasteiger partial charge in [-0.3, -0.25) is 4.79 Å². The number of hydrogen-bond acceptors (Lipinski definition) is 6. The largest absolute Gasteiger partial charge is 0.505 e. The normalized spacial score (nSPS) is 16.4. The van der Waals surface area contributed by atoms with Crippen LogP contribution >= 0.6 is 0 Å². The standard InChI is InChI=1S/C23H31N5O4S/c1-8-15-9-10-16(20(29)18(15)23(30)28(6)7)24-21-22(27-33(31)26-21)25-19(12(2)3)17-11-13(4)14(5)32-17/h9-12,19,29H,8H2,1-7H3,(H,24,26)(H,25,27)/t19-,33?/m1/s1. The second kappa shape index (κ2) is 9.78. The molecule has 33 heavy (non-hydrogen) atoms. The molecule has 0 aliphatic carbocycles. The zero-order chi connectivity index (χ0) is 24.4. The minimum atomic E-state index is -1.81. The summed E-state index contributed by atoms with van der Waals surface area (Å²) in [5.41, 5.74) is 2.26. The van der Waals surface area contributed by atoms with Gasteiger partial charge in [0.15, 0.2) is 17.4 Å². The third-order valence-corrected chi connectivity index (χ3v) is 6.21. The van der Waals surface area contributed by atoms with Crippen molar-refractivity contribution >= 4 is 34.4 Å². The summed E-state index contributed by atoms with van der Waals surface area (Å²) < 4.78 is 26.2. The number of phenols is 1. The fourth-order valence-electron chi connectivity index (χ4n) is 3.53. The number of hydrogen-bond donors (Lipinski definition) is 3. The smallest absolute Gasteiger partial charge is 0.269 e. The van der Waals surface area contributed by atoms with E-state index in [1.165, 1.54) is 4.90 Å². The van der Waals surface area contributed by atoms with Crippen LogP contribution in [-0.2, 0) is 17.6 Å². The van der Waals surface area contributed by atoms with Crippen molar-refractivity contribution in [1.29, 1.82) is 0 Å². The van der Waals surface area contributed by atoms with Crippen molar-refractivity contribution < 1.29 is 18.5 Å². The molecule has 1 amide bonds. The molecule has 3 N–H and O–H groups in total. The molecular weight excluding hydrogens is 442 g/mol. The van der Waals surface area contributed by atoms with E-state index in [9.17, 15) is 14.1 Å². The van der Waals surface area contributed by atoms with E-state index in [-0.39, 0.29) is 46.5 Å². The number of amides is 1. The lowest BCUT2D eigenvalue weighted by Crippen LogP contribution is -2.38. The monoisotopic (exact) mass is 473 g/mol. The quantitative estimate of drug-likeness (QED) is 0.551. The van der Waals surface area contributed by atoms with Crippen LogP contribution in [0.1, 0.15) is 59.8 Å². The molecule has 9 nitrogen and oxygen atoms in total. The van der Waals surface area contributed by atoms with E-state index >= 15 is 0 Å². The molecule has 1 aliphatic rings. The van der Waals surface area contributed by atoms with Crippen molar-refractivity contribution in [3.63, 3.8) is 0 Å². The van der Waals surface area contributed by atoms with Crippen LogP contribution in [0, 0.1) is 19.8 Å². The number of rotatable bonds is 6. The average Bonchev–Trinajstić information content (AvgIpc) is 3.27. The molecule has 1 aromatic heterocycles. The van der Waals surface area contributed by atoms with Gasteiger partial charge in [0.25, 0.3) is 17.1 Å². The molecule has 2 heterocycles. The van der Waals surface area contributed by atoms with E-state index in [2.05, 4.69) is 19.4 Å². The first kappa shape index (κ1) is 24.5. The van der Waals surface area contributed by atoms with E-state index in [0.717, 1.165) is 22.6 Å². The van der Waals surface area contributed by atoms with Gasteiger partial charge in [-0.15, -0.1) is 8.80 Å². The molecule has 2 atom stereocenters. The van der Waals surface area contributed by atoms with Crippen LogP contribution in [0.15, 0.2) is 31.4 Å². The molecule has 1 aliphatic heterocycles. The zero-order valence-electron chi connectivity index (χ0n) is 20.0. The topological polar surface area (TPSA) is 120 Å². The summed E-state index contributed by atoms with van der Waals surface area (Å²) in [5, 5.41) is 17.2. The van der Waals surface area contributed by atoms with Crippen molar-refractivity contribution in [3.05, 3.63) is 46.4 Å². The number of anilines is 1. The summed E-state index contributed by atoms with van der Waals surface area (Å²) in [6.07, 6.45) is 0.583. The number of nitrogens with one attached hydrogen (secondary N) is 2. The predicted octanol–water partition coefficient (Wildman–Crippen LogP) is 3.65. The Balaban J connectivity index is 1.92. The fourth-order valence-corrected chi connectivity index (χ4v) is 4.15. The predicted molar refractivity (Wildman–Crippen MR) is 131 cm³/mol. The third-order valence-electron chi connectivity index (χ3n) is 5.53. The molecule has 178 valence electrons. The highest BCUT2D eigenvalue weighted by molar-refractivity contribution is 7.83. The number of phenolic OH excluding ortho intramolecular Hbond substituents is 1. The summed E-state index contributed by atoms with van der Waals surface area (Å²) in [4.78, 5) is 14.1. The Morgan fingerprint density at radius 2 is 1.88 bits per heavy atom. The number of aromatic hydroxyl groups is 1. The van der Waals surface area contributed by atoms with Crippen LogP contribution in [0.5, 0.6) is 5.75 Å². The van der Waals surface area contributed by atoms with Gasteiger partial charge < -0.3 is 25.1 Å². The van der Waals surface area contributed by atoms with E-state index < -0.39 is 11.2 Å². The molecule has 0 bridgehead atoms. The van der Waals surface area contributed by atoms with Crippen molar-refractivity contribution in [2.24, 2.45) is 14.7 Å². The van der Waals surface area contributed by atoms with Gasteiger partial charge in [0, 0.05) is 14.1 Å². The van der Waals surface area contributed by atoms with Crippen LogP contribution < -0.4 is 10.6 Å². The molecule has 1 aromatic carbocycles. The van der Waals surface area contributed by atoms with E-state index in [4.69, 9.17) is 4.42 Å². The van der Waals surface area contributed by atoms with Crippen molar-refractivity contribution in [3.8, 4) is 5.75 Å². The molecule has 0 spiro atoms. The van der Waals surface area contributed by atoms with Crippen LogP contribution in [0.4, 0.5) is 5.69 Å². The first-order valence-electron chi connectivity index (χ1n) is 10.8. The van der Waals surface area contributed by atoms with E-state index in [1.54, 1.807) is 26.2 Å². The third kappa shape index (κ3) is 5.11. The Bertz CT molecular complexity index is 1130. The highest BCUT2D eigenvalue weighted by atomic mass is 32.2. The van der Waals surface area contributed by atoms with Crippen LogP contribution in [0.3, 0.4) is 0 Å². The number of benzene rings is 1. The summed E-state index contributed by atoms with van der Waals surface area (Å²) in [7, 11) is 3.26. The van der Waals surface area contributed by atoms with Gasteiger partial charge in [-0.2, -0.15) is 0 Å². The molecule has 0 fully saturated rings. The first-order valence-corrected chi connectivity index (χ1v) is 11.9. The minimum absolute atomic E-state index is 0.134. The Hall–Kier alpha value is -3.14. The molecule has 10 heteroatoms. The van der Waals surface area contributed by atoms with E-state index in [0.29, 0.717) is 6.42 Å². The molecule has 0 saturated carbocycles. The van der Waals surface area contributed by atoms with Crippen molar-refractivity contribution in [2.75, 3.05) is 19.4 Å². The van der Waals surface area contributed by atoms with Crippen LogP contribution in [-0.4, -0.2) is 45.9 Å². The number of amidine groups is 2. The molecule has 2 aromatic rings. The van der Waals surface area contributed by atoms with E-state index in [1.807, 2.05) is 40.7 Å². The number of carbonyl (C=O) groups excluding carboxylic acids is 1. The Kier molecular flexibility index (Phi) is 7.26. The van der Waals surface area contributed by atoms with Gasteiger partial charge in [0.1, 0.15) is 11.5 Å². The average molecular weight is 474 g/mol. The second-order valence-electron chi connectivity index (χ2n) is 8.54. The maximum absolute atomic E-state index is 12.7. The minimum Gasteiger partial charge on any atom is -0.505 e. The Morgan fingerprint density at radius 3 is 2.42 bits per heavy atom. The molecule has 0 radical (unpaired) electrons. The maximum atomic E-state index is 12.7. The van der Waals surface area contributed by atoms with Crippen molar-refractivity contribution in [1.82, 2.24) is 10.2 Å². The summed E-state index contributed by atoms with van der Waals surface area (Å²) in [6.45, 7) is 9.87. The van der Waals surface area contributed by atoms with Gasteiger partial charge in [-0.1, -0.05) is 26.8 Å². The highest BCUT2D eigenvalue weighted by Gasteiger charge is 2.28. The SMILES string of the molecule is CCc1ccc(NC2=NS(=O)N=C2N[C@@H](c2cc(C)c(C)o2)C(C)C)c(O)c1C(=O)N(C)C. The van der Waals surface area contributed by atoms with Gasteiger partial charge in [-0.05, 0) is 49.4 Å². The number of nitrogens with zero attached hydrogens (tertiary/aromatic N) is 3.